The number of rotatable bonds is 4. The number of carbonyl (C=O) groups excluding carboxylic acids is 1. The van der Waals surface area contributed by atoms with Crippen LogP contribution in [0.1, 0.15) is 49.2 Å². The molecule has 0 amide bonds. The van der Waals surface area contributed by atoms with Gasteiger partial charge in [-0.3, -0.25) is 0 Å². The normalized spacial score (nSPS) is 15.2. The van der Waals surface area contributed by atoms with Gasteiger partial charge < -0.3 is 9.64 Å². The molecule has 0 unspecified atom stereocenters. The third-order valence-corrected chi connectivity index (χ3v) is 4.25. The van der Waals surface area contributed by atoms with E-state index in [1.807, 2.05) is 13.8 Å². The van der Waals surface area contributed by atoms with Crippen LogP contribution in [0.2, 0.25) is 0 Å². The number of nitrogens with zero attached hydrogens (tertiary/aromatic N) is 5. The Hall–Kier alpha value is -2.18. The fourth-order valence-electron chi connectivity index (χ4n) is 3.15. The Labute approximate surface area is 135 Å². The number of hydrogen-bond acceptors (Lipinski definition) is 6. The molecule has 1 aliphatic rings. The molecule has 1 fully saturated rings. The molecule has 7 nitrogen and oxygen atoms in total. The van der Waals surface area contributed by atoms with Crippen LogP contribution in [-0.4, -0.2) is 45.6 Å². The number of esters is 1. The van der Waals surface area contributed by atoms with Gasteiger partial charge in [0.05, 0.1) is 12.3 Å². The lowest BCUT2D eigenvalue weighted by Gasteiger charge is -2.28. The third-order valence-electron chi connectivity index (χ3n) is 4.25. The average Bonchev–Trinajstić information content (AvgIpc) is 2.98. The first-order chi connectivity index (χ1) is 11.2. The van der Waals surface area contributed by atoms with Gasteiger partial charge in [-0.2, -0.15) is 0 Å². The molecule has 124 valence electrons. The average molecular weight is 317 g/mol. The number of aromatic nitrogens is 4. The first-order valence-electron chi connectivity index (χ1n) is 8.33. The fourth-order valence-corrected chi connectivity index (χ4v) is 3.15. The van der Waals surface area contributed by atoms with Crippen LogP contribution in [-0.2, 0) is 11.3 Å². The van der Waals surface area contributed by atoms with Crippen LogP contribution in [0.3, 0.4) is 0 Å². The van der Waals surface area contributed by atoms with E-state index in [1.165, 1.54) is 6.42 Å². The van der Waals surface area contributed by atoms with Gasteiger partial charge in [0.15, 0.2) is 11.3 Å². The molecule has 0 atom stereocenters. The van der Waals surface area contributed by atoms with Crippen molar-refractivity contribution >= 4 is 22.8 Å². The molecule has 0 saturated carbocycles. The fraction of sp³-hybridized carbons (Fsp3) is 0.625. The molecule has 2 aromatic rings. The Balaban J connectivity index is 2.19. The van der Waals surface area contributed by atoms with Crippen LogP contribution in [0.15, 0.2) is 0 Å². The lowest BCUT2D eigenvalue weighted by atomic mass is 10.1. The summed E-state index contributed by atoms with van der Waals surface area (Å²) in [7, 11) is 0. The number of ether oxygens (including phenoxy) is 1. The van der Waals surface area contributed by atoms with E-state index in [0.29, 0.717) is 29.9 Å². The summed E-state index contributed by atoms with van der Waals surface area (Å²) < 4.78 is 6.96. The molecule has 23 heavy (non-hydrogen) atoms. The topological polar surface area (TPSA) is 73.1 Å². The van der Waals surface area contributed by atoms with E-state index in [2.05, 4.69) is 20.2 Å². The lowest BCUT2D eigenvalue weighted by molar-refractivity contribution is 0.0527. The Bertz CT molecular complexity index is 719. The summed E-state index contributed by atoms with van der Waals surface area (Å²) in [5.41, 5.74) is 2.59. The predicted octanol–water partition coefficient (Wildman–Crippen LogP) is 2.32. The van der Waals surface area contributed by atoms with Crippen molar-refractivity contribution in [2.45, 2.75) is 46.6 Å². The van der Waals surface area contributed by atoms with Crippen molar-refractivity contribution in [3.63, 3.8) is 0 Å². The zero-order valence-corrected chi connectivity index (χ0v) is 14.0. The molecular weight excluding hydrogens is 294 g/mol. The first kappa shape index (κ1) is 15.7. The molecule has 3 rings (SSSR count). The molecule has 1 aliphatic heterocycles. The summed E-state index contributed by atoms with van der Waals surface area (Å²) in [6.45, 7) is 8.56. The standard InChI is InChI=1S/C16H23N5O2/c1-4-21-14-12(16(22)23-5-2)11(3)17-15(13(14)18-19-21)20-9-7-6-8-10-20/h4-10H2,1-3H3. The smallest absolute Gasteiger partial charge is 0.342 e. The van der Waals surface area contributed by atoms with Gasteiger partial charge in [-0.05, 0) is 40.0 Å². The van der Waals surface area contributed by atoms with E-state index in [9.17, 15) is 4.79 Å². The van der Waals surface area contributed by atoms with Crippen LogP contribution in [0.4, 0.5) is 5.82 Å². The number of aryl methyl sites for hydroxylation is 2. The number of carbonyl (C=O) groups is 1. The molecule has 0 aromatic carbocycles. The quantitative estimate of drug-likeness (QED) is 0.806. The Morgan fingerprint density at radius 3 is 2.61 bits per heavy atom. The second-order valence-electron chi connectivity index (χ2n) is 5.77. The highest BCUT2D eigenvalue weighted by Crippen LogP contribution is 2.30. The van der Waals surface area contributed by atoms with Crippen LogP contribution in [0, 0.1) is 6.92 Å². The molecule has 0 N–H and O–H groups in total. The van der Waals surface area contributed by atoms with Crippen molar-refractivity contribution in [3.8, 4) is 0 Å². The van der Waals surface area contributed by atoms with Crippen LogP contribution in [0.5, 0.6) is 0 Å². The first-order valence-corrected chi connectivity index (χ1v) is 8.33. The van der Waals surface area contributed by atoms with Gasteiger partial charge in [-0.25, -0.2) is 14.5 Å². The second kappa shape index (κ2) is 6.52. The highest BCUT2D eigenvalue weighted by molar-refractivity contribution is 6.05. The minimum Gasteiger partial charge on any atom is -0.462 e. The third kappa shape index (κ3) is 2.75. The number of pyridine rings is 1. The van der Waals surface area contributed by atoms with Crippen molar-refractivity contribution in [2.75, 3.05) is 24.6 Å². The van der Waals surface area contributed by atoms with E-state index in [-0.39, 0.29) is 5.97 Å². The minimum atomic E-state index is -0.357. The summed E-state index contributed by atoms with van der Waals surface area (Å²) in [6.07, 6.45) is 3.56. The van der Waals surface area contributed by atoms with Crippen molar-refractivity contribution < 1.29 is 9.53 Å². The number of piperidine rings is 1. The molecule has 0 radical (unpaired) electrons. The zero-order chi connectivity index (χ0) is 16.4. The van der Waals surface area contributed by atoms with Gasteiger partial charge >= 0.3 is 5.97 Å². The highest BCUT2D eigenvalue weighted by atomic mass is 16.5. The summed E-state index contributed by atoms with van der Waals surface area (Å²) in [4.78, 5) is 19.3. The Morgan fingerprint density at radius 2 is 1.96 bits per heavy atom. The van der Waals surface area contributed by atoms with E-state index in [0.717, 1.165) is 37.3 Å². The van der Waals surface area contributed by atoms with Crippen LogP contribution >= 0.6 is 0 Å². The van der Waals surface area contributed by atoms with E-state index in [1.54, 1.807) is 11.6 Å². The number of fused-ring (bicyclic) bond motifs is 1. The summed E-state index contributed by atoms with van der Waals surface area (Å²) in [5.74, 6) is 0.481. The largest absolute Gasteiger partial charge is 0.462 e. The van der Waals surface area contributed by atoms with E-state index in [4.69, 9.17) is 4.74 Å². The van der Waals surface area contributed by atoms with Gasteiger partial charge in [-0.15, -0.1) is 5.10 Å². The number of anilines is 1. The monoisotopic (exact) mass is 317 g/mol. The van der Waals surface area contributed by atoms with Crippen molar-refractivity contribution in [2.24, 2.45) is 0 Å². The van der Waals surface area contributed by atoms with E-state index >= 15 is 0 Å². The maximum atomic E-state index is 12.4. The molecule has 0 aliphatic carbocycles. The predicted molar refractivity (Wildman–Crippen MR) is 87.8 cm³/mol. The molecule has 7 heteroatoms. The van der Waals surface area contributed by atoms with E-state index < -0.39 is 0 Å². The van der Waals surface area contributed by atoms with Gasteiger partial charge in [0, 0.05) is 19.6 Å². The zero-order valence-electron chi connectivity index (χ0n) is 14.0. The number of hydrogen-bond donors (Lipinski definition) is 0. The van der Waals surface area contributed by atoms with Crippen molar-refractivity contribution in [1.82, 2.24) is 20.0 Å². The molecule has 2 aromatic heterocycles. The molecule has 1 saturated heterocycles. The molecular formula is C16H23N5O2. The van der Waals surface area contributed by atoms with Gasteiger partial charge in [0.1, 0.15) is 11.1 Å². The maximum absolute atomic E-state index is 12.4. The molecule has 0 spiro atoms. The maximum Gasteiger partial charge on any atom is 0.342 e. The summed E-state index contributed by atoms with van der Waals surface area (Å²) >= 11 is 0. The molecule has 0 bridgehead atoms. The highest BCUT2D eigenvalue weighted by Gasteiger charge is 2.26. The SMILES string of the molecule is CCOC(=O)c1c(C)nc(N2CCCCC2)c2nnn(CC)c12. The Kier molecular flexibility index (Phi) is 4.45. The summed E-state index contributed by atoms with van der Waals surface area (Å²) in [6, 6.07) is 0. The van der Waals surface area contributed by atoms with Gasteiger partial charge in [-0.1, -0.05) is 5.21 Å². The van der Waals surface area contributed by atoms with Gasteiger partial charge in [0.25, 0.3) is 0 Å². The van der Waals surface area contributed by atoms with Crippen molar-refractivity contribution in [1.29, 1.82) is 0 Å². The Morgan fingerprint density at radius 1 is 1.22 bits per heavy atom. The summed E-state index contributed by atoms with van der Waals surface area (Å²) in [5, 5.41) is 8.52. The van der Waals surface area contributed by atoms with Crippen LogP contribution < -0.4 is 4.90 Å². The van der Waals surface area contributed by atoms with Crippen LogP contribution in [0.25, 0.3) is 11.0 Å². The minimum absolute atomic E-state index is 0.335. The van der Waals surface area contributed by atoms with Crippen molar-refractivity contribution in [3.05, 3.63) is 11.3 Å². The second-order valence-corrected chi connectivity index (χ2v) is 5.77. The lowest BCUT2D eigenvalue weighted by Crippen LogP contribution is -2.31. The molecule has 3 heterocycles. The van der Waals surface area contributed by atoms with Gasteiger partial charge in [0.2, 0.25) is 0 Å².